The molecular weight excluding hydrogens is 352 g/mol. The molecule has 2 aromatic rings. The average molecular weight is 374 g/mol. The summed E-state index contributed by atoms with van der Waals surface area (Å²) in [5.41, 5.74) is 4.07. The first-order valence-electron chi connectivity index (χ1n) is 9.27. The van der Waals surface area contributed by atoms with Crippen molar-refractivity contribution in [3.8, 4) is 0 Å². The molecule has 0 aliphatic carbocycles. The number of hydrogen-bond donors (Lipinski definition) is 0. The van der Waals surface area contributed by atoms with Crippen LogP contribution in [0.15, 0.2) is 12.3 Å². The number of rotatable bonds is 2. The van der Waals surface area contributed by atoms with Gasteiger partial charge in [-0.25, -0.2) is 17.9 Å². The number of carbonyl (C=O) groups excluding carboxylic acids is 1. The second-order valence-corrected chi connectivity index (χ2v) is 10.2. The largest absolute Gasteiger partial charge is 0.332 e. The van der Waals surface area contributed by atoms with Crippen LogP contribution in [0.1, 0.15) is 48.7 Å². The van der Waals surface area contributed by atoms with Crippen LogP contribution in [0.3, 0.4) is 0 Å². The molecule has 0 radical (unpaired) electrons. The van der Waals surface area contributed by atoms with Crippen LogP contribution < -0.4 is 0 Å². The van der Waals surface area contributed by atoms with E-state index in [4.69, 9.17) is 0 Å². The Bertz CT molecular complexity index is 1010. The third-order valence-electron chi connectivity index (χ3n) is 6.11. The standard InChI is InChI=1S/C18H22N4O3S/c1-11-6-17-19-9-14-15-3-2-13(8-16(14)22(17)20-11)21(15)18(23)7-12-4-5-26(24,25)10-12/h6,9,12-13,15H,2-5,7-8,10H2,1H3. The first-order chi connectivity index (χ1) is 12.4. The van der Waals surface area contributed by atoms with Gasteiger partial charge in [-0.1, -0.05) is 0 Å². The molecule has 138 valence electrons. The molecule has 3 aliphatic rings. The molecule has 2 fully saturated rings. The van der Waals surface area contributed by atoms with Crippen molar-refractivity contribution < 1.29 is 13.2 Å². The minimum Gasteiger partial charge on any atom is -0.332 e. The van der Waals surface area contributed by atoms with Gasteiger partial charge in [0.1, 0.15) is 0 Å². The van der Waals surface area contributed by atoms with Gasteiger partial charge in [0.25, 0.3) is 0 Å². The van der Waals surface area contributed by atoms with E-state index >= 15 is 0 Å². The van der Waals surface area contributed by atoms with Crippen molar-refractivity contribution in [1.82, 2.24) is 19.5 Å². The molecule has 5 heterocycles. The lowest BCUT2D eigenvalue weighted by atomic mass is 9.97. The van der Waals surface area contributed by atoms with Gasteiger partial charge in [0.15, 0.2) is 15.5 Å². The highest BCUT2D eigenvalue weighted by molar-refractivity contribution is 7.91. The first kappa shape index (κ1) is 16.2. The molecule has 2 aromatic heterocycles. The zero-order chi connectivity index (χ0) is 18.1. The van der Waals surface area contributed by atoms with Crippen LogP contribution in [0.25, 0.3) is 5.65 Å². The van der Waals surface area contributed by atoms with Gasteiger partial charge in [-0.3, -0.25) is 4.79 Å². The average Bonchev–Trinajstić information content (AvgIpc) is 3.22. The Hall–Kier alpha value is -1.96. The Labute approximate surface area is 152 Å². The molecule has 3 aliphatic heterocycles. The van der Waals surface area contributed by atoms with Crippen molar-refractivity contribution in [3.63, 3.8) is 0 Å². The van der Waals surface area contributed by atoms with E-state index in [1.807, 2.05) is 28.6 Å². The molecule has 0 aromatic carbocycles. The zero-order valence-electron chi connectivity index (χ0n) is 14.8. The second kappa shape index (κ2) is 5.52. The highest BCUT2D eigenvalue weighted by atomic mass is 32.2. The quantitative estimate of drug-likeness (QED) is 0.794. The molecule has 3 unspecified atom stereocenters. The van der Waals surface area contributed by atoms with Crippen LogP contribution in [0.5, 0.6) is 0 Å². The fraction of sp³-hybridized carbons (Fsp3) is 0.611. The molecule has 0 spiro atoms. The number of amides is 1. The molecule has 1 amide bonds. The van der Waals surface area contributed by atoms with Gasteiger partial charge in [-0.2, -0.15) is 5.10 Å². The van der Waals surface area contributed by atoms with E-state index in [0.29, 0.717) is 12.8 Å². The summed E-state index contributed by atoms with van der Waals surface area (Å²) < 4.78 is 25.3. The Morgan fingerprint density at radius 1 is 1.31 bits per heavy atom. The van der Waals surface area contributed by atoms with Crippen molar-refractivity contribution in [3.05, 3.63) is 29.2 Å². The van der Waals surface area contributed by atoms with Gasteiger partial charge in [0.05, 0.1) is 28.9 Å². The maximum atomic E-state index is 13.0. The monoisotopic (exact) mass is 374 g/mol. The zero-order valence-corrected chi connectivity index (χ0v) is 15.6. The minimum atomic E-state index is -2.95. The number of carbonyl (C=O) groups is 1. The predicted molar refractivity (Wildman–Crippen MR) is 95.4 cm³/mol. The van der Waals surface area contributed by atoms with Crippen molar-refractivity contribution in [1.29, 1.82) is 0 Å². The Balaban J connectivity index is 1.44. The number of nitrogens with zero attached hydrogens (tertiary/aromatic N) is 4. The second-order valence-electron chi connectivity index (χ2n) is 7.94. The van der Waals surface area contributed by atoms with E-state index in [1.54, 1.807) is 0 Å². The number of fused-ring (bicyclic) bond motifs is 6. The van der Waals surface area contributed by atoms with Gasteiger partial charge >= 0.3 is 0 Å². The van der Waals surface area contributed by atoms with Crippen molar-refractivity contribution in [2.75, 3.05) is 11.5 Å². The number of hydrogen-bond acceptors (Lipinski definition) is 5. The van der Waals surface area contributed by atoms with Gasteiger partial charge in [0.2, 0.25) is 5.91 Å². The Morgan fingerprint density at radius 3 is 2.92 bits per heavy atom. The van der Waals surface area contributed by atoms with Crippen molar-refractivity contribution in [2.24, 2.45) is 5.92 Å². The molecular formula is C18H22N4O3S. The van der Waals surface area contributed by atoms with Crippen LogP contribution in [-0.2, 0) is 21.1 Å². The fourth-order valence-corrected chi connectivity index (χ4v) is 6.83. The summed E-state index contributed by atoms with van der Waals surface area (Å²) in [6.45, 7) is 1.96. The molecule has 2 saturated heterocycles. The summed E-state index contributed by atoms with van der Waals surface area (Å²) >= 11 is 0. The molecule has 2 bridgehead atoms. The third kappa shape index (κ3) is 2.46. The number of aromatic nitrogens is 3. The van der Waals surface area contributed by atoms with Crippen LogP contribution in [0.2, 0.25) is 0 Å². The van der Waals surface area contributed by atoms with Gasteiger partial charge in [-0.15, -0.1) is 0 Å². The highest BCUT2D eigenvalue weighted by Gasteiger charge is 2.44. The summed E-state index contributed by atoms with van der Waals surface area (Å²) in [4.78, 5) is 19.5. The topological polar surface area (TPSA) is 84.6 Å². The maximum absolute atomic E-state index is 13.0. The fourth-order valence-electron chi connectivity index (χ4n) is 4.97. The van der Waals surface area contributed by atoms with Gasteiger partial charge in [-0.05, 0) is 32.1 Å². The van der Waals surface area contributed by atoms with Crippen LogP contribution in [0, 0.1) is 12.8 Å². The summed E-state index contributed by atoms with van der Waals surface area (Å²) in [5, 5.41) is 4.58. The van der Waals surface area contributed by atoms with E-state index < -0.39 is 9.84 Å². The molecule has 0 N–H and O–H groups in total. The van der Waals surface area contributed by atoms with E-state index in [9.17, 15) is 13.2 Å². The molecule has 3 atom stereocenters. The molecule has 5 rings (SSSR count). The number of sulfone groups is 1. The Morgan fingerprint density at radius 2 is 2.15 bits per heavy atom. The predicted octanol–water partition coefficient (Wildman–Crippen LogP) is 1.45. The summed E-state index contributed by atoms with van der Waals surface area (Å²) in [5.74, 6) is 0.457. The lowest BCUT2D eigenvalue weighted by Gasteiger charge is -2.36. The van der Waals surface area contributed by atoms with E-state index in [2.05, 4.69) is 10.1 Å². The minimum absolute atomic E-state index is 0.0253. The van der Waals surface area contributed by atoms with E-state index in [-0.39, 0.29) is 35.4 Å². The smallest absolute Gasteiger partial charge is 0.223 e. The van der Waals surface area contributed by atoms with E-state index in [1.165, 1.54) is 5.69 Å². The van der Waals surface area contributed by atoms with Crippen LogP contribution >= 0.6 is 0 Å². The normalized spacial score (nSPS) is 29.3. The SMILES string of the molecule is Cc1cc2ncc3c(n2n1)CC1CCC3N1C(=O)CC1CCS(=O)(=O)C1. The van der Waals surface area contributed by atoms with Crippen molar-refractivity contribution in [2.45, 2.75) is 51.1 Å². The highest BCUT2D eigenvalue weighted by Crippen LogP contribution is 2.44. The van der Waals surface area contributed by atoms with Gasteiger partial charge < -0.3 is 4.90 Å². The summed E-state index contributed by atoms with van der Waals surface area (Å²) in [6.07, 6.45) is 5.58. The molecule has 8 heteroatoms. The summed E-state index contributed by atoms with van der Waals surface area (Å²) in [7, 11) is -2.95. The lowest BCUT2D eigenvalue weighted by molar-refractivity contribution is -0.135. The third-order valence-corrected chi connectivity index (χ3v) is 7.94. The van der Waals surface area contributed by atoms with Crippen molar-refractivity contribution >= 4 is 21.4 Å². The summed E-state index contributed by atoms with van der Waals surface area (Å²) in [6, 6.07) is 2.21. The lowest BCUT2D eigenvalue weighted by Crippen LogP contribution is -2.43. The molecule has 0 saturated carbocycles. The Kier molecular flexibility index (Phi) is 3.44. The van der Waals surface area contributed by atoms with Gasteiger partial charge in [0, 0.05) is 36.7 Å². The molecule has 26 heavy (non-hydrogen) atoms. The van der Waals surface area contributed by atoms with E-state index in [0.717, 1.165) is 36.2 Å². The van der Waals surface area contributed by atoms with Crippen LogP contribution in [-0.4, -0.2) is 51.4 Å². The molecule has 7 nitrogen and oxygen atoms in total. The maximum Gasteiger partial charge on any atom is 0.223 e. The number of aryl methyl sites for hydroxylation is 1. The van der Waals surface area contributed by atoms with Crippen LogP contribution in [0.4, 0.5) is 0 Å². The first-order valence-corrected chi connectivity index (χ1v) is 11.1.